The zero-order valence-electron chi connectivity index (χ0n) is 20.0. The van der Waals surface area contributed by atoms with Crippen molar-refractivity contribution in [3.8, 4) is 5.75 Å². The molecule has 0 spiro atoms. The van der Waals surface area contributed by atoms with Gasteiger partial charge in [0.2, 0.25) is 5.11 Å². The van der Waals surface area contributed by atoms with Gasteiger partial charge < -0.3 is 9.30 Å². The van der Waals surface area contributed by atoms with Gasteiger partial charge in [-0.05, 0) is 62.3 Å². The molecule has 35 heavy (non-hydrogen) atoms. The Morgan fingerprint density at radius 3 is 2.06 bits per heavy atom. The van der Waals surface area contributed by atoms with Crippen LogP contribution >= 0.6 is 12.2 Å². The Kier molecular flexibility index (Phi) is 6.38. The van der Waals surface area contributed by atoms with Gasteiger partial charge >= 0.3 is 0 Å². The fraction of sp³-hybridized carbons (Fsp3) is 0.172. The van der Waals surface area contributed by atoms with Crippen molar-refractivity contribution in [3.05, 3.63) is 101 Å². The second-order valence-corrected chi connectivity index (χ2v) is 8.92. The van der Waals surface area contributed by atoms with Crippen LogP contribution in [0.15, 0.2) is 94.4 Å². The number of allylic oxidation sites excluding steroid dienone is 1. The Bertz CT molecular complexity index is 1420. The maximum atomic E-state index is 5.85. The lowest BCUT2D eigenvalue weighted by atomic mass is 9.93. The van der Waals surface area contributed by atoms with Gasteiger partial charge in [-0.1, -0.05) is 66.2 Å². The summed E-state index contributed by atoms with van der Waals surface area (Å²) in [5, 5.41) is 0.321. The Labute approximate surface area is 210 Å². The van der Waals surface area contributed by atoms with Crippen molar-refractivity contribution >= 4 is 45.9 Å². The summed E-state index contributed by atoms with van der Waals surface area (Å²) in [6.45, 7) is 6.72. The summed E-state index contributed by atoms with van der Waals surface area (Å²) in [4.78, 5) is 14.6. The fourth-order valence-electron chi connectivity index (χ4n) is 4.37. The molecule has 0 saturated heterocycles. The Morgan fingerprint density at radius 1 is 0.914 bits per heavy atom. The van der Waals surface area contributed by atoms with Crippen LogP contribution in [0.5, 0.6) is 5.75 Å². The van der Waals surface area contributed by atoms with Crippen LogP contribution < -0.4 is 4.74 Å². The number of hydrogen-bond acceptors (Lipinski definition) is 3. The molecule has 4 aromatic rings. The van der Waals surface area contributed by atoms with Gasteiger partial charge in [-0.15, -0.1) is 0 Å². The van der Waals surface area contributed by atoms with E-state index in [0.29, 0.717) is 11.7 Å². The summed E-state index contributed by atoms with van der Waals surface area (Å²) in [7, 11) is 0. The number of fused-ring (bicyclic) bond motifs is 1. The second kappa shape index (κ2) is 9.76. The zero-order valence-corrected chi connectivity index (χ0v) is 20.8. The summed E-state index contributed by atoms with van der Waals surface area (Å²) >= 11 is 5.56. The highest BCUT2D eigenvalue weighted by atomic mass is 32.1. The molecule has 0 unspecified atom stereocenters. The summed E-state index contributed by atoms with van der Waals surface area (Å²) in [6.07, 6.45) is 2.10. The van der Waals surface area contributed by atoms with E-state index in [4.69, 9.17) is 31.9 Å². The molecule has 0 atom stereocenters. The van der Waals surface area contributed by atoms with Gasteiger partial charge in [0.05, 0.1) is 29.1 Å². The number of aromatic nitrogens is 2. The number of imidazole rings is 1. The molecule has 1 aliphatic heterocycles. The van der Waals surface area contributed by atoms with Gasteiger partial charge in [0, 0.05) is 6.07 Å². The quantitative estimate of drug-likeness (QED) is 0.291. The van der Waals surface area contributed by atoms with Gasteiger partial charge in [0.15, 0.2) is 0 Å². The Hall–Kier alpha value is -3.90. The molecule has 0 radical (unpaired) electrons. The van der Waals surface area contributed by atoms with E-state index in [-0.39, 0.29) is 6.04 Å². The van der Waals surface area contributed by atoms with Gasteiger partial charge in [-0.25, -0.2) is 15.0 Å². The number of aliphatic imine (C=N–C) groups is 2. The largest absolute Gasteiger partial charge is 0.494 e. The van der Waals surface area contributed by atoms with Crippen LogP contribution in [0.3, 0.4) is 0 Å². The standard InChI is InChI=1S/C29H26N4OS/c1-4-34-22-15-16-23-24(18-22)33(25(30-23)17-19(2)3)28-26(20-11-7-5-8-12-20)31-29(35)32-27(28)21-13-9-6-10-14-21/h5-18,28H,4H2,1-3H3. The normalized spacial score (nSPS) is 14.0. The summed E-state index contributed by atoms with van der Waals surface area (Å²) < 4.78 is 8.06. The van der Waals surface area contributed by atoms with E-state index < -0.39 is 0 Å². The average Bonchev–Trinajstić information content (AvgIpc) is 3.21. The molecule has 5 nitrogen and oxygen atoms in total. The van der Waals surface area contributed by atoms with E-state index in [9.17, 15) is 0 Å². The summed E-state index contributed by atoms with van der Waals surface area (Å²) in [6, 6.07) is 26.0. The molecule has 1 aromatic heterocycles. The third-order valence-electron chi connectivity index (χ3n) is 5.76. The number of thiocarbonyl (C=S) groups is 1. The minimum atomic E-state index is -0.334. The maximum absolute atomic E-state index is 5.85. The molecule has 0 N–H and O–H groups in total. The van der Waals surface area contributed by atoms with Crippen molar-refractivity contribution in [1.29, 1.82) is 0 Å². The van der Waals surface area contributed by atoms with Gasteiger partial charge in [-0.3, -0.25) is 0 Å². The molecular weight excluding hydrogens is 452 g/mol. The molecule has 0 saturated carbocycles. The van der Waals surface area contributed by atoms with Crippen molar-refractivity contribution in [1.82, 2.24) is 9.55 Å². The third-order valence-corrected chi connectivity index (χ3v) is 5.95. The maximum Gasteiger partial charge on any atom is 0.219 e. The first kappa shape index (κ1) is 22.9. The van der Waals surface area contributed by atoms with Crippen molar-refractivity contribution in [2.75, 3.05) is 6.61 Å². The number of nitrogens with zero attached hydrogens (tertiary/aromatic N) is 4. The third kappa shape index (κ3) is 4.57. The van der Waals surface area contributed by atoms with Crippen LogP contribution in [0.25, 0.3) is 17.1 Å². The van der Waals surface area contributed by atoms with Crippen LogP contribution in [-0.4, -0.2) is 32.7 Å². The minimum absolute atomic E-state index is 0.321. The van der Waals surface area contributed by atoms with Gasteiger partial charge in [-0.2, -0.15) is 0 Å². The number of ether oxygens (including phenoxy) is 1. The predicted molar refractivity (Wildman–Crippen MR) is 148 cm³/mol. The highest BCUT2D eigenvalue weighted by molar-refractivity contribution is 7.80. The monoisotopic (exact) mass is 478 g/mol. The van der Waals surface area contributed by atoms with E-state index in [0.717, 1.165) is 50.7 Å². The van der Waals surface area contributed by atoms with E-state index in [2.05, 4.69) is 48.8 Å². The van der Waals surface area contributed by atoms with Gasteiger partial charge in [0.1, 0.15) is 17.6 Å². The number of benzene rings is 3. The second-order valence-electron chi connectivity index (χ2n) is 8.56. The molecule has 2 heterocycles. The van der Waals surface area contributed by atoms with Crippen molar-refractivity contribution in [2.24, 2.45) is 9.98 Å². The van der Waals surface area contributed by atoms with Crippen molar-refractivity contribution in [2.45, 2.75) is 26.8 Å². The van der Waals surface area contributed by atoms with Gasteiger partial charge in [0.25, 0.3) is 0 Å². The van der Waals surface area contributed by atoms with Crippen LogP contribution in [-0.2, 0) is 0 Å². The Balaban J connectivity index is 1.84. The molecule has 174 valence electrons. The smallest absolute Gasteiger partial charge is 0.219 e. The summed E-state index contributed by atoms with van der Waals surface area (Å²) in [5.74, 6) is 1.63. The molecule has 0 bridgehead atoms. The van der Waals surface area contributed by atoms with Crippen LogP contribution in [0.2, 0.25) is 0 Å². The average molecular weight is 479 g/mol. The topological polar surface area (TPSA) is 51.8 Å². The molecule has 6 heteroatoms. The highest BCUT2D eigenvalue weighted by Gasteiger charge is 2.33. The van der Waals surface area contributed by atoms with E-state index >= 15 is 0 Å². The molecule has 1 aliphatic rings. The fourth-order valence-corrected chi connectivity index (χ4v) is 4.57. The predicted octanol–water partition coefficient (Wildman–Crippen LogP) is 6.68. The summed E-state index contributed by atoms with van der Waals surface area (Å²) in [5.41, 5.74) is 6.66. The molecule has 3 aromatic carbocycles. The van der Waals surface area contributed by atoms with E-state index in [1.165, 1.54) is 0 Å². The first-order valence-corrected chi connectivity index (χ1v) is 12.1. The highest BCUT2D eigenvalue weighted by Crippen LogP contribution is 2.33. The lowest BCUT2D eigenvalue weighted by Crippen LogP contribution is -2.33. The molecular formula is C29H26N4OS. The lowest BCUT2D eigenvalue weighted by Gasteiger charge is -2.28. The van der Waals surface area contributed by atoms with E-state index in [1.54, 1.807) is 0 Å². The number of hydrogen-bond donors (Lipinski definition) is 0. The van der Waals surface area contributed by atoms with Crippen LogP contribution in [0.4, 0.5) is 0 Å². The van der Waals surface area contributed by atoms with E-state index in [1.807, 2.05) is 61.5 Å². The molecule has 0 fully saturated rings. The van der Waals surface area contributed by atoms with Crippen molar-refractivity contribution in [3.63, 3.8) is 0 Å². The van der Waals surface area contributed by atoms with Crippen molar-refractivity contribution < 1.29 is 4.74 Å². The number of rotatable bonds is 6. The lowest BCUT2D eigenvalue weighted by molar-refractivity contribution is 0.340. The first-order chi connectivity index (χ1) is 17.0. The molecule has 5 rings (SSSR count). The van der Waals surface area contributed by atoms with Crippen LogP contribution in [0, 0.1) is 0 Å². The molecule has 0 amide bonds. The van der Waals surface area contributed by atoms with Crippen LogP contribution in [0.1, 0.15) is 43.8 Å². The zero-order chi connectivity index (χ0) is 24.4. The Morgan fingerprint density at radius 2 is 1.51 bits per heavy atom. The minimum Gasteiger partial charge on any atom is -0.494 e. The first-order valence-electron chi connectivity index (χ1n) is 11.7. The molecule has 0 aliphatic carbocycles. The SMILES string of the molecule is CCOc1ccc2nc(C=C(C)C)n(C3C(c4ccccc4)=NC(=S)N=C3c3ccccc3)c2c1.